The second-order valence-corrected chi connectivity index (χ2v) is 6.56. The van der Waals surface area contributed by atoms with Crippen LogP contribution in [-0.4, -0.2) is 48.0 Å². The van der Waals surface area contributed by atoms with Crippen LogP contribution in [0.15, 0.2) is 53.3 Å². The smallest absolute Gasteiger partial charge is 0.278 e. The van der Waals surface area contributed by atoms with Gasteiger partial charge in [0.1, 0.15) is 11.6 Å². The molecule has 0 saturated carbocycles. The fourth-order valence-corrected chi connectivity index (χ4v) is 3.18. The van der Waals surface area contributed by atoms with Gasteiger partial charge in [0.05, 0.1) is 24.5 Å². The first-order chi connectivity index (χ1) is 14.5. The molecule has 0 radical (unpaired) electrons. The van der Waals surface area contributed by atoms with Gasteiger partial charge in [-0.05, 0) is 18.2 Å². The second-order valence-electron chi connectivity index (χ2n) is 6.56. The molecule has 0 unspecified atom stereocenters. The molecule has 154 valence electrons. The van der Waals surface area contributed by atoms with Crippen LogP contribution < -0.4 is 5.32 Å². The summed E-state index contributed by atoms with van der Waals surface area (Å²) in [4.78, 5) is 31.3. The summed E-state index contributed by atoms with van der Waals surface area (Å²) in [5.41, 5.74) is 0.406. The predicted molar refractivity (Wildman–Crippen MR) is 103 cm³/mol. The molecule has 3 aromatic rings. The van der Waals surface area contributed by atoms with Crippen LogP contribution in [0.5, 0.6) is 0 Å². The molecule has 1 aromatic heterocycles. The highest BCUT2D eigenvalue weighted by molar-refractivity contribution is 6.08. The highest BCUT2D eigenvalue weighted by Gasteiger charge is 2.26. The van der Waals surface area contributed by atoms with Crippen LogP contribution in [0.4, 0.5) is 14.5 Å². The number of nitrogens with one attached hydrogen (secondary N) is 1. The lowest BCUT2D eigenvalue weighted by Crippen LogP contribution is -2.40. The molecule has 1 aliphatic heterocycles. The van der Waals surface area contributed by atoms with E-state index in [1.54, 1.807) is 29.2 Å². The Morgan fingerprint density at radius 3 is 2.60 bits per heavy atom. The van der Waals surface area contributed by atoms with Crippen LogP contribution in [0.25, 0.3) is 11.3 Å². The van der Waals surface area contributed by atoms with Crippen molar-refractivity contribution in [1.82, 2.24) is 9.88 Å². The number of amides is 2. The summed E-state index contributed by atoms with van der Waals surface area (Å²) in [6.45, 7) is 1.82. The topological polar surface area (TPSA) is 84.7 Å². The molecule has 0 aliphatic carbocycles. The molecule has 4 rings (SSSR count). The summed E-state index contributed by atoms with van der Waals surface area (Å²) in [7, 11) is 0. The molecule has 1 saturated heterocycles. The number of ether oxygens (including phenoxy) is 1. The van der Waals surface area contributed by atoms with Gasteiger partial charge >= 0.3 is 0 Å². The van der Waals surface area contributed by atoms with Crippen molar-refractivity contribution in [3.63, 3.8) is 0 Å². The lowest BCUT2D eigenvalue weighted by atomic mass is 10.0. The van der Waals surface area contributed by atoms with Gasteiger partial charge in [0, 0.05) is 24.7 Å². The number of aromatic nitrogens is 1. The highest BCUT2D eigenvalue weighted by Crippen LogP contribution is 2.29. The van der Waals surface area contributed by atoms with E-state index in [-0.39, 0.29) is 23.0 Å². The van der Waals surface area contributed by atoms with Gasteiger partial charge in [-0.15, -0.1) is 0 Å². The normalized spacial score (nSPS) is 13.9. The molecule has 30 heavy (non-hydrogen) atoms. The van der Waals surface area contributed by atoms with Gasteiger partial charge in [0.15, 0.2) is 17.8 Å². The van der Waals surface area contributed by atoms with E-state index in [0.717, 1.165) is 18.5 Å². The number of hydrogen-bond acceptors (Lipinski definition) is 5. The fourth-order valence-electron chi connectivity index (χ4n) is 3.18. The summed E-state index contributed by atoms with van der Waals surface area (Å²) in [5, 5.41) is 2.35. The summed E-state index contributed by atoms with van der Waals surface area (Å²) in [6.07, 6.45) is 1.07. The molecule has 9 heteroatoms. The average Bonchev–Trinajstić information content (AvgIpc) is 3.26. The van der Waals surface area contributed by atoms with Crippen molar-refractivity contribution in [3.8, 4) is 11.3 Å². The van der Waals surface area contributed by atoms with E-state index in [9.17, 15) is 18.4 Å². The molecule has 1 fully saturated rings. The van der Waals surface area contributed by atoms with Crippen molar-refractivity contribution in [2.75, 3.05) is 31.6 Å². The van der Waals surface area contributed by atoms with Gasteiger partial charge in [0.25, 0.3) is 11.8 Å². The second kappa shape index (κ2) is 8.42. The monoisotopic (exact) mass is 413 g/mol. The van der Waals surface area contributed by atoms with E-state index in [1.165, 1.54) is 0 Å². The number of nitrogens with zero attached hydrogens (tertiary/aromatic N) is 2. The third-order valence-corrected chi connectivity index (χ3v) is 4.66. The summed E-state index contributed by atoms with van der Waals surface area (Å²) in [5.74, 6) is -2.58. The van der Waals surface area contributed by atoms with Gasteiger partial charge < -0.3 is 19.4 Å². The maximum absolute atomic E-state index is 13.9. The van der Waals surface area contributed by atoms with E-state index in [4.69, 9.17) is 9.15 Å². The van der Waals surface area contributed by atoms with Gasteiger partial charge in [-0.2, -0.15) is 0 Å². The first kappa shape index (κ1) is 19.7. The zero-order valence-electron chi connectivity index (χ0n) is 15.7. The van der Waals surface area contributed by atoms with Crippen LogP contribution in [0.3, 0.4) is 0 Å². The summed E-state index contributed by atoms with van der Waals surface area (Å²) in [6, 6.07) is 9.49. The van der Waals surface area contributed by atoms with E-state index < -0.39 is 17.5 Å². The van der Waals surface area contributed by atoms with Crippen molar-refractivity contribution in [1.29, 1.82) is 0 Å². The minimum absolute atomic E-state index is 0.0761. The highest BCUT2D eigenvalue weighted by atomic mass is 19.1. The molecular weight excluding hydrogens is 396 g/mol. The maximum atomic E-state index is 13.9. The van der Waals surface area contributed by atoms with Crippen LogP contribution >= 0.6 is 0 Å². The molecule has 7 nitrogen and oxygen atoms in total. The predicted octanol–water partition coefficient (Wildman–Crippen LogP) is 3.34. The quantitative estimate of drug-likeness (QED) is 0.709. The van der Waals surface area contributed by atoms with Crippen LogP contribution in [0.1, 0.15) is 20.8 Å². The average molecular weight is 413 g/mol. The first-order valence-electron chi connectivity index (χ1n) is 9.21. The number of carbonyl (C=O) groups is 2. The molecule has 2 aromatic carbocycles. The first-order valence-corrected chi connectivity index (χ1v) is 9.21. The van der Waals surface area contributed by atoms with Crippen LogP contribution in [0.2, 0.25) is 0 Å². The SMILES string of the molecule is O=C(Nc1ccc(F)cc1F)c1ncoc1-c1ccccc1C(=O)N1CCOCC1. The number of oxazole rings is 1. The molecule has 2 heterocycles. The Balaban J connectivity index is 1.65. The Kier molecular flexibility index (Phi) is 5.53. The van der Waals surface area contributed by atoms with Crippen molar-refractivity contribution >= 4 is 17.5 Å². The standard InChI is InChI=1S/C21H17F2N3O4/c22-13-5-6-17(16(23)11-13)25-20(27)18-19(30-12-24-18)14-3-1-2-4-15(14)21(28)26-7-9-29-10-8-26/h1-6,11-12H,7-10H2,(H,25,27). The van der Waals surface area contributed by atoms with E-state index in [1.807, 2.05) is 0 Å². The van der Waals surface area contributed by atoms with Gasteiger partial charge in [-0.3, -0.25) is 9.59 Å². The van der Waals surface area contributed by atoms with E-state index >= 15 is 0 Å². The van der Waals surface area contributed by atoms with Crippen molar-refractivity contribution < 1.29 is 27.5 Å². The zero-order valence-corrected chi connectivity index (χ0v) is 15.7. The molecule has 1 aliphatic rings. The van der Waals surface area contributed by atoms with E-state index in [0.29, 0.717) is 43.5 Å². The summed E-state index contributed by atoms with van der Waals surface area (Å²) < 4.78 is 37.7. The largest absolute Gasteiger partial charge is 0.443 e. The molecule has 0 bridgehead atoms. The Hall–Kier alpha value is -3.59. The lowest BCUT2D eigenvalue weighted by molar-refractivity contribution is 0.0303. The maximum Gasteiger partial charge on any atom is 0.278 e. The molecule has 0 spiro atoms. The van der Waals surface area contributed by atoms with Crippen molar-refractivity contribution in [3.05, 3.63) is 71.8 Å². The molecule has 1 N–H and O–H groups in total. The summed E-state index contributed by atoms with van der Waals surface area (Å²) >= 11 is 0. The molecule has 2 amide bonds. The van der Waals surface area contributed by atoms with Crippen LogP contribution in [0, 0.1) is 11.6 Å². The van der Waals surface area contributed by atoms with Gasteiger partial charge in [-0.25, -0.2) is 13.8 Å². The minimum Gasteiger partial charge on any atom is -0.443 e. The Labute approximate surface area is 170 Å². The zero-order chi connectivity index (χ0) is 21.1. The number of carbonyl (C=O) groups excluding carboxylic acids is 2. The number of halogens is 2. The number of anilines is 1. The number of morpholine rings is 1. The Bertz CT molecular complexity index is 1090. The Morgan fingerprint density at radius 1 is 1.07 bits per heavy atom. The third-order valence-electron chi connectivity index (χ3n) is 4.66. The number of hydrogen-bond donors (Lipinski definition) is 1. The fraction of sp³-hybridized carbons (Fsp3) is 0.190. The lowest BCUT2D eigenvalue weighted by Gasteiger charge is -2.27. The van der Waals surface area contributed by atoms with Crippen molar-refractivity contribution in [2.24, 2.45) is 0 Å². The molecular formula is C21H17F2N3O4. The number of rotatable bonds is 4. The van der Waals surface area contributed by atoms with Gasteiger partial charge in [0.2, 0.25) is 0 Å². The van der Waals surface area contributed by atoms with E-state index in [2.05, 4.69) is 10.3 Å². The van der Waals surface area contributed by atoms with Crippen LogP contribution in [-0.2, 0) is 4.74 Å². The third kappa shape index (κ3) is 3.92. The molecule has 0 atom stereocenters. The minimum atomic E-state index is -0.920. The number of benzene rings is 2. The van der Waals surface area contributed by atoms with Crippen molar-refractivity contribution in [2.45, 2.75) is 0 Å². The van der Waals surface area contributed by atoms with Gasteiger partial charge in [-0.1, -0.05) is 18.2 Å². The Morgan fingerprint density at radius 2 is 1.83 bits per heavy atom.